The molecule has 0 saturated carbocycles. The molecule has 1 unspecified atom stereocenters. The quantitative estimate of drug-likeness (QED) is 0.504. The number of amides is 2. The Morgan fingerprint density at radius 2 is 2.00 bits per heavy atom. The van der Waals surface area contributed by atoms with E-state index in [1.807, 2.05) is 42.3 Å². The summed E-state index contributed by atoms with van der Waals surface area (Å²) in [7, 11) is 0. The Labute approximate surface area is 187 Å². The number of carbonyl (C=O) groups is 2. The van der Waals surface area contributed by atoms with Crippen LogP contribution in [0.15, 0.2) is 59.4 Å². The minimum Gasteiger partial charge on any atom is -0.444 e. The van der Waals surface area contributed by atoms with Gasteiger partial charge in [0.15, 0.2) is 0 Å². The molecule has 1 aromatic heterocycles. The third kappa shape index (κ3) is 6.11. The fourth-order valence-electron chi connectivity index (χ4n) is 3.52. The number of aryl methyl sites for hydroxylation is 1. The Balaban J connectivity index is 0.00000341. The highest BCUT2D eigenvalue weighted by Gasteiger charge is 2.27. The van der Waals surface area contributed by atoms with E-state index in [2.05, 4.69) is 17.2 Å². The van der Waals surface area contributed by atoms with Gasteiger partial charge in [-0.25, -0.2) is 9.47 Å². The number of halogens is 1. The lowest BCUT2D eigenvalue weighted by Gasteiger charge is -2.40. The second-order valence-electron chi connectivity index (χ2n) is 7.24. The predicted octanol–water partition coefficient (Wildman–Crippen LogP) is 2.73. The van der Waals surface area contributed by atoms with Crippen LogP contribution >= 0.6 is 12.4 Å². The van der Waals surface area contributed by atoms with Crippen molar-refractivity contribution < 1.29 is 14.3 Å². The topological polar surface area (TPSA) is 92.7 Å². The van der Waals surface area contributed by atoms with Crippen LogP contribution in [0.4, 0.5) is 10.5 Å². The lowest BCUT2D eigenvalue weighted by atomic mass is 9.99. The van der Waals surface area contributed by atoms with Gasteiger partial charge in [0.2, 0.25) is 6.41 Å². The highest BCUT2D eigenvalue weighted by atomic mass is 35.5. The SMILES string of the molecule is C=C1CCN(n2c(C)ccc(NC(=O)OCc3ccccc3)c2=O)C(CNC=O)C1.Cl. The second kappa shape index (κ2) is 11.2. The molecule has 1 fully saturated rings. The number of hydrogen-bond donors (Lipinski definition) is 2. The third-order valence-electron chi connectivity index (χ3n) is 5.03. The van der Waals surface area contributed by atoms with Crippen molar-refractivity contribution in [1.29, 1.82) is 0 Å². The van der Waals surface area contributed by atoms with Crippen molar-refractivity contribution in [1.82, 2.24) is 9.99 Å². The molecule has 0 spiro atoms. The van der Waals surface area contributed by atoms with Crippen LogP contribution in [0.5, 0.6) is 0 Å². The monoisotopic (exact) mass is 446 g/mol. The Hall–Kier alpha value is -3.26. The van der Waals surface area contributed by atoms with E-state index in [0.29, 0.717) is 25.9 Å². The van der Waals surface area contributed by atoms with Crippen molar-refractivity contribution >= 4 is 30.6 Å². The van der Waals surface area contributed by atoms with Crippen LogP contribution in [0.25, 0.3) is 0 Å². The zero-order valence-corrected chi connectivity index (χ0v) is 18.2. The van der Waals surface area contributed by atoms with Crippen LogP contribution in [0.3, 0.4) is 0 Å². The molecule has 9 heteroatoms. The normalized spacial score (nSPS) is 15.6. The average molecular weight is 447 g/mol. The van der Waals surface area contributed by atoms with Gasteiger partial charge in [-0.3, -0.25) is 14.9 Å². The number of benzene rings is 1. The van der Waals surface area contributed by atoms with Crippen molar-refractivity contribution in [2.45, 2.75) is 32.4 Å². The molecule has 2 aromatic rings. The van der Waals surface area contributed by atoms with E-state index in [1.54, 1.807) is 16.8 Å². The molecular formula is C22H27ClN4O4. The largest absolute Gasteiger partial charge is 0.444 e. The molecular weight excluding hydrogens is 420 g/mol. The molecule has 1 aliphatic rings. The molecule has 1 aromatic carbocycles. The lowest BCUT2D eigenvalue weighted by Crippen LogP contribution is -2.56. The minimum atomic E-state index is -0.697. The summed E-state index contributed by atoms with van der Waals surface area (Å²) in [4.78, 5) is 36.1. The summed E-state index contributed by atoms with van der Waals surface area (Å²) in [5.74, 6) is 0. The van der Waals surface area contributed by atoms with Crippen LogP contribution in [-0.4, -0.2) is 36.3 Å². The molecule has 8 nitrogen and oxygen atoms in total. The van der Waals surface area contributed by atoms with E-state index in [-0.39, 0.29) is 36.3 Å². The standard InChI is InChI=1S/C22H26N4O4.ClH/c1-16-10-11-25(19(12-16)13-23-15-27)26-17(2)8-9-20(21(26)28)24-22(29)30-14-18-6-4-3-5-7-18;/h3-9,15,19H,1,10-14H2,2H3,(H,23,27)(H,24,29);1H. The van der Waals surface area contributed by atoms with Crippen LogP contribution in [0, 0.1) is 6.92 Å². The first-order chi connectivity index (χ1) is 14.5. The van der Waals surface area contributed by atoms with Gasteiger partial charge in [0.05, 0.1) is 6.04 Å². The molecule has 0 radical (unpaired) electrons. The van der Waals surface area contributed by atoms with Crippen molar-refractivity contribution in [3.63, 3.8) is 0 Å². The highest BCUT2D eigenvalue weighted by molar-refractivity contribution is 5.85. The van der Waals surface area contributed by atoms with E-state index < -0.39 is 6.09 Å². The Kier molecular flexibility index (Phi) is 8.69. The molecule has 1 saturated heterocycles. The van der Waals surface area contributed by atoms with Crippen molar-refractivity contribution in [3.8, 4) is 0 Å². The molecule has 1 aliphatic heterocycles. The Morgan fingerprint density at radius 3 is 2.71 bits per heavy atom. The number of pyridine rings is 1. The predicted molar refractivity (Wildman–Crippen MR) is 122 cm³/mol. The van der Waals surface area contributed by atoms with Gasteiger partial charge in [-0.1, -0.05) is 42.5 Å². The molecule has 1 atom stereocenters. The van der Waals surface area contributed by atoms with E-state index in [4.69, 9.17) is 4.74 Å². The molecule has 166 valence electrons. The van der Waals surface area contributed by atoms with Gasteiger partial charge >= 0.3 is 6.09 Å². The minimum absolute atomic E-state index is 0. The second-order valence-corrected chi connectivity index (χ2v) is 7.24. The number of aromatic nitrogens is 1. The number of hydrogen-bond acceptors (Lipinski definition) is 5. The summed E-state index contributed by atoms with van der Waals surface area (Å²) >= 11 is 0. The summed E-state index contributed by atoms with van der Waals surface area (Å²) < 4.78 is 6.77. The number of nitrogens with zero attached hydrogens (tertiary/aromatic N) is 2. The van der Waals surface area contributed by atoms with E-state index in [1.165, 1.54) is 0 Å². The van der Waals surface area contributed by atoms with E-state index >= 15 is 0 Å². The fraction of sp³-hybridized carbons (Fsp3) is 0.318. The van der Waals surface area contributed by atoms with Crippen LogP contribution in [0.1, 0.15) is 24.1 Å². The smallest absolute Gasteiger partial charge is 0.412 e. The van der Waals surface area contributed by atoms with Crippen molar-refractivity contribution in [3.05, 3.63) is 76.2 Å². The van der Waals surface area contributed by atoms with Gasteiger partial charge in [0.25, 0.3) is 5.56 Å². The first-order valence-electron chi connectivity index (χ1n) is 9.80. The van der Waals surface area contributed by atoms with Gasteiger partial charge in [-0.15, -0.1) is 12.4 Å². The Bertz CT molecular complexity index is 977. The van der Waals surface area contributed by atoms with Gasteiger partial charge in [0, 0.05) is 18.8 Å². The summed E-state index contributed by atoms with van der Waals surface area (Å²) in [5.41, 5.74) is 2.44. The van der Waals surface area contributed by atoms with Gasteiger partial charge in [0.1, 0.15) is 12.3 Å². The van der Waals surface area contributed by atoms with Gasteiger partial charge < -0.3 is 15.1 Å². The summed E-state index contributed by atoms with van der Waals surface area (Å²) in [6, 6.07) is 12.5. The van der Waals surface area contributed by atoms with Crippen LogP contribution in [0.2, 0.25) is 0 Å². The zero-order valence-electron chi connectivity index (χ0n) is 17.4. The first kappa shape index (κ1) is 24.0. The molecule has 31 heavy (non-hydrogen) atoms. The van der Waals surface area contributed by atoms with Crippen LogP contribution < -0.4 is 21.2 Å². The molecule has 3 rings (SSSR count). The third-order valence-corrected chi connectivity index (χ3v) is 5.03. The first-order valence-corrected chi connectivity index (χ1v) is 9.80. The van der Waals surface area contributed by atoms with Gasteiger partial charge in [-0.05, 0) is 37.5 Å². The molecule has 0 bridgehead atoms. The van der Waals surface area contributed by atoms with E-state index in [9.17, 15) is 14.4 Å². The number of nitrogens with one attached hydrogen (secondary N) is 2. The Morgan fingerprint density at radius 1 is 1.26 bits per heavy atom. The molecule has 0 aliphatic carbocycles. The number of ether oxygens (including phenoxy) is 1. The van der Waals surface area contributed by atoms with E-state index in [0.717, 1.165) is 23.3 Å². The molecule has 2 N–H and O–H groups in total. The number of rotatable bonds is 7. The van der Waals surface area contributed by atoms with Gasteiger partial charge in [-0.2, -0.15) is 0 Å². The fourth-order valence-corrected chi connectivity index (χ4v) is 3.52. The maximum absolute atomic E-state index is 13.1. The average Bonchev–Trinajstić information content (AvgIpc) is 2.75. The highest BCUT2D eigenvalue weighted by Crippen LogP contribution is 2.20. The van der Waals surface area contributed by atoms with Crippen molar-refractivity contribution in [2.75, 3.05) is 23.4 Å². The number of piperidine rings is 1. The van der Waals surface area contributed by atoms with Crippen molar-refractivity contribution in [2.24, 2.45) is 0 Å². The number of carbonyl (C=O) groups excluding carboxylic acids is 2. The molecule has 2 amide bonds. The summed E-state index contributed by atoms with van der Waals surface area (Å²) in [5, 5.41) is 7.15. The van der Waals surface area contributed by atoms with Crippen LogP contribution in [-0.2, 0) is 16.1 Å². The number of anilines is 1. The summed E-state index contributed by atoms with van der Waals surface area (Å²) in [6.45, 7) is 6.97. The lowest BCUT2D eigenvalue weighted by molar-refractivity contribution is -0.109. The maximum Gasteiger partial charge on any atom is 0.412 e. The zero-order chi connectivity index (χ0) is 21.5. The summed E-state index contributed by atoms with van der Waals surface area (Å²) in [6.07, 6.45) is 1.37. The molecule has 2 heterocycles. The maximum atomic E-state index is 13.1.